The molecule has 0 fully saturated rings. The van der Waals surface area contributed by atoms with Gasteiger partial charge in [-0.15, -0.1) is 48.1 Å². The van der Waals surface area contributed by atoms with E-state index in [9.17, 15) is 0 Å². The van der Waals surface area contributed by atoms with E-state index in [1.165, 1.54) is 27.8 Å². The van der Waals surface area contributed by atoms with Gasteiger partial charge in [0, 0.05) is 78.0 Å². The molecule has 0 saturated heterocycles. The zero-order chi connectivity index (χ0) is 56.6. The number of hydrogen-bond donors (Lipinski definition) is 0. The van der Waals surface area contributed by atoms with Crippen LogP contribution >= 0.6 is 0 Å². The van der Waals surface area contributed by atoms with E-state index in [1.807, 2.05) is 18.2 Å². The van der Waals surface area contributed by atoms with Gasteiger partial charge in [0.25, 0.3) is 0 Å². The van der Waals surface area contributed by atoms with Crippen molar-refractivity contribution in [3.05, 3.63) is 247 Å². The van der Waals surface area contributed by atoms with Crippen LogP contribution in [0.1, 0.15) is 105 Å². The number of pyridine rings is 1. The Bertz CT molecular complexity index is 4130. The first-order valence-corrected chi connectivity index (χ1v) is 28.4. The van der Waals surface area contributed by atoms with E-state index in [2.05, 4.69) is 304 Å². The molecule has 5 nitrogen and oxygen atoms in total. The zero-order valence-electron chi connectivity index (χ0n) is 49.2. The van der Waals surface area contributed by atoms with Gasteiger partial charge in [-0.2, -0.15) is 12.1 Å². The van der Waals surface area contributed by atoms with Crippen LogP contribution in [0, 0.1) is 18.8 Å². The average Bonchev–Trinajstić information content (AvgIpc) is 2.95. The van der Waals surface area contributed by atoms with Gasteiger partial charge in [-0.1, -0.05) is 234 Å². The van der Waals surface area contributed by atoms with Crippen molar-refractivity contribution in [3.8, 4) is 61.8 Å². The van der Waals surface area contributed by atoms with Crippen molar-refractivity contribution in [1.29, 1.82) is 0 Å². The van der Waals surface area contributed by atoms with E-state index in [-0.39, 0.29) is 42.7 Å². The maximum absolute atomic E-state index is 6.88. The smallest absolute Gasteiger partial charge is 0.135 e. The Hall–Kier alpha value is -7.98. The molecule has 0 saturated carbocycles. The number of aromatic nitrogens is 2. The molecule has 1 aliphatic heterocycles. The Balaban J connectivity index is 0.00000705. The van der Waals surface area contributed by atoms with Crippen LogP contribution in [0.5, 0.6) is 11.5 Å². The maximum atomic E-state index is 6.88. The van der Waals surface area contributed by atoms with E-state index in [1.54, 1.807) is 0 Å². The van der Waals surface area contributed by atoms with Crippen LogP contribution in [0.3, 0.4) is 0 Å². The fraction of sp³-hybridized carbons (Fsp3) is 0.211. The van der Waals surface area contributed by atoms with Crippen LogP contribution in [-0.2, 0) is 42.7 Å². The summed E-state index contributed by atoms with van der Waals surface area (Å²) >= 11 is 0. The minimum atomic E-state index is -0.185. The van der Waals surface area contributed by atoms with Crippen LogP contribution in [0.2, 0.25) is 0 Å². The van der Waals surface area contributed by atoms with Crippen LogP contribution in [0.4, 0.5) is 22.7 Å². The van der Waals surface area contributed by atoms with Crippen molar-refractivity contribution < 1.29 is 25.8 Å². The molecule has 0 radical (unpaired) electrons. The van der Waals surface area contributed by atoms with Gasteiger partial charge in [0.1, 0.15) is 5.82 Å². The second kappa shape index (κ2) is 21.4. The van der Waals surface area contributed by atoms with Crippen molar-refractivity contribution in [2.75, 3.05) is 9.80 Å². The van der Waals surface area contributed by atoms with E-state index in [4.69, 9.17) is 9.72 Å². The van der Waals surface area contributed by atoms with Gasteiger partial charge in [0.05, 0.1) is 0 Å². The summed E-state index contributed by atoms with van der Waals surface area (Å²) in [6, 6.07) is 79.9. The van der Waals surface area contributed by atoms with Crippen molar-refractivity contribution in [2.45, 2.75) is 105 Å². The number of hydrogen-bond acceptors (Lipinski definition) is 4. The first-order valence-electron chi connectivity index (χ1n) is 28.4. The molecule has 0 N–H and O–H groups in total. The molecule has 6 heteroatoms. The molecule has 82 heavy (non-hydrogen) atoms. The van der Waals surface area contributed by atoms with Gasteiger partial charge in [-0.3, -0.25) is 0 Å². The molecule has 3 heterocycles. The van der Waals surface area contributed by atoms with Crippen LogP contribution in [0.15, 0.2) is 206 Å². The van der Waals surface area contributed by atoms with E-state index in [0.29, 0.717) is 11.5 Å². The molecule has 11 aromatic rings. The Morgan fingerprint density at radius 2 is 0.927 bits per heavy atom. The van der Waals surface area contributed by atoms with Gasteiger partial charge in [-0.25, -0.2) is 4.98 Å². The number of benzene rings is 9. The molecule has 0 bridgehead atoms. The van der Waals surface area contributed by atoms with E-state index in [0.717, 1.165) is 89.3 Å². The number of ether oxygens (including phenoxy) is 1. The van der Waals surface area contributed by atoms with Crippen molar-refractivity contribution >= 4 is 44.6 Å². The van der Waals surface area contributed by atoms with Crippen molar-refractivity contribution in [2.24, 2.45) is 0 Å². The minimum Gasteiger partial charge on any atom is -0.509 e. The molecule has 9 aromatic carbocycles. The van der Waals surface area contributed by atoms with Crippen LogP contribution < -0.4 is 14.5 Å². The third-order valence-corrected chi connectivity index (χ3v) is 16.0. The number of anilines is 4. The molecular weight excluding hydrogens is 1180 g/mol. The first kappa shape index (κ1) is 55.9. The molecule has 0 atom stereocenters. The molecule has 0 aliphatic carbocycles. The largest absolute Gasteiger partial charge is 0.509 e. The molecule has 2 aromatic heterocycles. The van der Waals surface area contributed by atoms with E-state index >= 15 is 0 Å². The van der Waals surface area contributed by atoms with Gasteiger partial charge in [0.15, 0.2) is 0 Å². The van der Waals surface area contributed by atoms with Crippen LogP contribution in [0.25, 0.3) is 72.1 Å². The molecule has 0 unspecified atom stereocenters. The van der Waals surface area contributed by atoms with Crippen LogP contribution in [-0.4, -0.2) is 9.55 Å². The normalized spacial score (nSPS) is 12.9. The third kappa shape index (κ3) is 10.7. The summed E-state index contributed by atoms with van der Waals surface area (Å²) in [6.07, 6.45) is 2.06. The van der Waals surface area contributed by atoms with Gasteiger partial charge in [0.2, 0.25) is 0 Å². The second-order valence-electron chi connectivity index (χ2n) is 25.9. The summed E-state index contributed by atoms with van der Waals surface area (Å²) in [5.74, 6) is 1.98. The quantitative estimate of drug-likeness (QED) is 0.135. The van der Waals surface area contributed by atoms with E-state index < -0.39 is 0 Å². The third-order valence-electron chi connectivity index (χ3n) is 16.0. The topological polar surface area (TPSA) is 33.5 Å². The second-order valence-corrected chi connectivity index (χ2v) is 25.9. The first-order chi connectivity index (χ1) is 38.7. The number of para-hydroxylation sites is 3. The molecule has 1 aliphatic rings. The summed E-state index contributed by atoms with van der Waals surface area (Å²) < 4.78 is 9.14. The summed E-state index contributed by atoms with van der Waals surface area (Å²) in [6.45, 7) is 29.4. The van der Waals surface area contributed by atoms with Gasteiger partial charge in [-0.05, 0) is 101 Å². The average molecular weight is 1250 g/mol. The summed E-state index contributed by atoms with van der Waals surface area (Å²) in [4.78, 5) is 9.87. The predicted octanol–water partition coefficient (Wildman–Crippen LogP) is 20.8. The molecule has 0 amide bonds. The monoisotopic (exact) mass is 1250 g/mol. The number of fused-ring (bicyclic) bond motifs is 4. The number of rotatable bonds is 9. The maximum Gasteiger partial charge on any atom is 0.135 e. The Morgan fingerprint density at radius 1 is 0.415 bits per heavy atom. The Labute approximate surface area is 500 Å². The number of nitrogens with zero attached hydrogens (tertiary/aromatic N) is 4. The summed E-state index contributed by atoms with van der Waals surface area (Å²) in [7, 11) is 0. The Kier molecular flexibility index (Phi) is 14.6. The zero-order valence-corrected chi connectivity index (χ0v) is 51.5. The molecule has 12 rings (SSSR count). The summed E-state index contributed by atoms with van der Waals surface area (Å²) in [5.41, 5.74) is 20.3. The minimum absolute atomic E-state index is 0. The SMILES string of the molecule is CC(C)(C)c1ccc(-c2ccc3c(c2)c2ccc(Oc4[c-]c(N5[CH-]N(c6c(-c7ccccc7)cccc6-c6ccc(C(C)(C)C)cc6)c6ccccc65)ccc4)[c-]c2n3-c2cc(C(C)(C)C)c(-c3ccc(C(C)(C)C)cc3)cn2)cc1.[Pt]. The standard InChI is InChI=1S/C76H71N4O.Pt/c1-73(2,3)55-35-28-50(29-36-55)54-34-43-67-64(44-54)63-42-41-60(46-70(63)80(67)71-47-66(76(10,11)12)65(48-77-71)53-32-39-57(40-33-53)75(7,8)9)81-59-23-18-22-58(45-59)78-49-79(69-27-17-16-26-68(69)78)72-61(51-20-14-13-15-21-51)24-19-25-62(72)52-30-37-56(38-31-52)74(4,5)6;/h13-44,47-49H,1-12H3;/q-3;. The molecule has 414 valence electrons. The van der Waals surface area contributed by atoms with Gasteiger partial charge < -0.3 is 19.1 Å². The van der Waals surface area contributed by atoms with Crippen molar-refractivity contribution in [3.63, 3.8) is 0 Å². The Morgan fingerprint density at radius 3 is 1.51 bits per heavy atom. The van der Waals surface area contributed by atoms with Crippen molar-refractivity contribution in [1.82, 2.24) is 9.55 Å². The summed E-state index contributed by atoms with van der Waals surface area (Å²) in [5, 5.41) is 2.18. The molecule has 0 spiro atoms. The predicted molar refractivity (Wildman–Crippen MR) is 341 cm³/mol. The van der Waals surface area contributed by atoms with Gasteiger partial charge >= 0.3 is 0 Å². The fourth-order valence-corrected chi connectivity index (χ4v) is 11.4. The molecular formula is C76H71N4OPt-3. The fourth-order valence-electron chi connectivity index (χ4n) is 11.4.